The zero-order valence-electron chi connectivity index (χ0n) is 14.0. The normalized spacial score (nSPS) is 13.2. The standard InChI is InChI=1S/C17H23IN2O4/c1-10(2)8-14(19-11(3)21)16(22)20-15(17(23)24)9-12-6-4-5-7-13(12)18/h4-7,10,14-15H,8-9H2,1-3H3,(H,19,21)(H,20,22)(H,23,24)/t14-,15+/m0/s1. The number of carbonyl (C=O) groups is 3. The molecule has 0 saturated heterocycles. The van der Waals surface area contributed by atoms with Crippen molar-refractivity contribution in [1.29, 1.82) is 0 Å². The van der Waals surface area contributed by atoms with Gasteiger partial charge in [-0.25, -0.2) is 4.79 Å². The molecule has 0 radical (unpaired) electrons. The molecule has 0 heterocycles. The minimum atomic E-state index is -1.10. The summed E-state index contributed by atoms with van der Waals surface area (Å²) < 4.78 is 0.941. The van der Waals surface area contributed by atoms with Gasteiger partial charge in [-0.3, -0.25) is 9.59 Å². The molecule has 0 aromatic heterocycles. The topological polar surface area (TPSA) is 95.5 Å². The fourth-order valence-corrected chi connectivity index (χ4v) is 2.91. The number of aliphatic carboxylic acids is 1. The highest BCUT2D eigenvalue weighted by Crippen LogP contribution is 2.14. The van der Waals surface area contributed by atoms with Gasteiger partial charge in [0.25, 0.3) is 0 Å². The van der Waals surface area contributed by atoms with E-state index in [1.807, 2.05) is 38.1 Å². The number of nitrogens with one attached hydrogen (secondary N) is 2. The van der Waals surface area contributed by atoms with Crippen LogP contribution in [-0.4, -0.2) is 35.0 Å². The molecule has 0 aliphatic rings. The van der Waals surface area contributed by atoms with Gasteiger partial charge >= 0.3 is 5.97 Å². The summed E-state index contributed by atoms with van der Waals surface area (Å²) in [6.07, 6.45) is 0.634. The van der Waals surface area contributed by atoms with E-state index < -0.39 is 24.0 Å². The van der Waals surface area contributed by atoms with E-state index in [0.29, 0.717) is 6.42 Å². The van der Waals surface area contributed by atoms with E-state index in [2.05, 4.69) is 33.2 Å². The van der Waals surface area contributed by atoms with E-state index in [4.69, 9.17) is 0 Å². The van der Waals surface area contributed by atoms with Crippen LogP contribution in [0, 0.1) is 9.49 Å². The van der Waals surface area contributed by atoms with Gasteiger partial charge in [-0.05, 0) is 46.6 Å². The van der Waals surface area contributed by atoms with Gasteiger partial charge in [-0.15, -0.1) is 0 Å². The summed E-state index contributed by atoms with van der Waals surface area (Å²) in [6, 6.07) is 5.64. The highest BCUT2D eigenvalue weighted by molar-refractivity contribution is 14.1. The van der Waals surface area contributed by atoms with Crippen LogP contribution in [0.4, 0.5) is 0 Å². The second-order valence-electron chi connectivity index (χ2n) is 6.08. The van der Waals surface area contributed by atoms with Gasteiger partial charge in [0.15, 0.2) is 0 Å². The Morgan fingerprint density at radius 3 is 2.25 bits per heavy atom. The van der Waals surface area contributed by atoms with Crippen molar-refractivity contribution in [3.63, 3.8) is 0 Å². The van der Waals surface area contributed by atoms with Gasteiger partial charge < -0.3 is 15.7 Å². The summed E-state index contributed by atoms with van der Waals surface area (Å²) in [5, 5.41) is 14.5. The molecule has 3 N–H and O–H groups in total. The van der Waals surface area contributed by atoms with Crippen molar-refractivity contribution in [2.75, 3.05) is 0 Å². The van der Waals surface area contributed by atoms with Crippen LogP contribution in [0.3, 0.4) is 0 Å². The molecule has 0 saturated carbocycles. The third kappa shape index (κ3) is 6.86. The van der Waals surface area contributed by atoms with Crippen molar-refractivity contribution in [2.45, 2.75) is 45.7 Å². The van der Waals surface area contributed by atoms with Crippen LogP contribution in [-0.2, 0) is 20.8 Å². The number of hydrogen-bond donors (Lipinski definition) is 3. The van der Waals surface area contributed by atoms with Crippen LogP contribution in [0.5, 0.6) is 0 Å². The summed E-state index contributed by atoms with van der Waals surface area (Å²) in [5.74, 6) is -1.71. The minimum Gasteiger partial charge on any atom is -0.480 e. The smallest absolute Gasteiger partial charge is 0.326 e. The van der Waals surface area contributed by atoms with Gasteiger partial charge in [-0.2, -0.15) is 0 Å². The van der Waals surface area contributed by atoms with E-state index in [1.54, 1.807) is 0 Å². The minimum absolute atomic E-state index is 0.186. The molecule has 0 unspecified atom stereocenters. The first kappa shape index (κ1) is 20.4. The average Bonchev–Trinajstić information content (AvgIpc) is 2.46. The predicted molar refractivity (Wildman–Crippen MR) is 99.5 cm³/mol. The van der Waals surface area contributed by atoms with Crippen molar-refractivity contribution >= 4 is 40.4 Å². The van der Waals surface area contributed by atoms with Crippen LogP contribution in [0.2, 0.25) is 0 Å². The van der Waals surface area contributed by atoms with Gasteiger partial charge in [0.05, 0.1) is 0 Å². The second-order valence-corrected chi connectivity index (χ2v) is 7.24. The molecule has 2 amide bonds. The fraction of sp³-hybridized carbons (Fsp3) is 0.471. The molecule has 24 heavy (non-hydrogen) atoms. The summed E-state index contributed by atoms with van der Waals surface area (Å²) >= 11 is 2.13. The molecule has 2 atom stereocenters. The lowest BCUT2D eigenvalue weighted by molar-refractivity contribution is -0.142. The molecule has 0 bridgehead atoms. The number of benzene rings is 1. The van der Waals surface area contributed by atoms with E-state index in [0.717, 1.165) is 9.13 Å². The Balaban J connectivity index is 2.85. The van der Waals surface area contributed by atoms with Gasteiger partial charge in [0.1, 0.15) is 12.1 Å². The lowest BCUT2D eigenvalue weighted by atomic mass is 10.0. The zero-order chi connectivity index (χ0) is 18.3. The largest absolute Gasteiger partial charge is 0.480 e. The van der Waals surface area contributed by atoms with Crippen LogP contribution in [0.1, 0.15) is 32.8 Å². The summed E-state index contributed by atoms with van der Waals surface area (Å²) in [4.78, 5) is 35.2. The van der Waals surface area contributed by atoms with E-state index in [1.165, 1.54) is 6.92 Å². The number of hydrogen-bond acceptors (Lipinski definition) is 3. The summed E-state index contributed by atoms with van der Waals surface area (Å²) in [7, 11) is 0. The van der Waals surface area contributed by atoms with Gasteiger partial charge in [0.2, 0.25) is 11.8 Å². The molecule has 1 aromatic carbocycles. The molecule has 0 aliphatic carbocycles. The summed E-state index contributed by atoms with van der Waals surface area (Å²) in [6.45, 7) is 5.20. The van der Waals surface area contributed by atoms with Gasteiger partial charge in [-0.1, -0.05) is 32.0 Å². The van der Waals surface area contributed by atoms with Crippen LogP contribution in [0.25, 0.3) is 0 Å². The van der Waals surface area contributed by atoms with E-state index in [9.17, 15) is 19.5 Å². The highest BCUT2D eigenvalue weighted by Gasteiger charge is 2.27. The Labute approximate surface area is 155 Å². The SMILES string of the molecule is CC(=O)N[C@@H](CC(C)C)C(=O)N[C@H](Cc1ccccc1I)C(=O)O. The van der Waals surface area contributed by atoms with Gasteiger partial charge in [0, 0.05) is 16.9 Å². The van der Waals surface area contributed by atoms with Crippen molar-refractivity contribution in [3.8, 4) is 0 Å². The lowest BCUT2D eigenvalue weighted by Gasteiger charge is -2.22. The first-order valence-electron chi connectivity index (χ1n) is 7.74. The fourth-order valence-electron chi connectivity index (χ4n) is 2.30. The monoisotopic (exact) mass is 446 g/mol. The molecule has 0 spiro atoms. The number of rotatable bonds is 8. The maximum absolute atomic E-state index is 12.4. The molecule has 132 valence electrons. The second kappa shape index (κ2) is 9.61. The average molecular weight is 446 g/mol. The third-order valence-corrected chi connectivity index (χ3v) is 4.45. The quantitative estimate of drug-likeness (QED) is 0.532. The molecule has 1 aromatic rings. The third-order valence-electron chi connectivity index (χ3n) is 3.40. The number of carboxylic acids is 1. The van der Waals surface area contributed by atoms with E-state index in [-0.39, 0.29) is 18.2 Å². The number of halogens is 1. The Kier molecular flexibility index (Phi) is 8.17. The Morgan fingerprint density at radius 1 is 1.12 bits per heavy atom. The zero-order valence-corrected chi connectivity index (χ0v) is 16.2. The molecule has 7 heteroatoms. The molecular weight excluding hydrogens is 423 g/mol. The van der Waals surface area contributed by atoms with Crippen LogP contribution < -0.4 is 10.6 Å². The van der Waals surface area contributed by atoms with Crippen LogP contribution >= 0.6 is 22.6 Å². The Bertz CT molecular complexity index is 604. The number of amides is 2. The Hall–Kier alpha value is -1.64. The Morgan fingerprint density at radius 2 is 1.75 bits per heavy atom. The molecule has 1 rings (SSSR count). The van der Waals surface area contributed by atoms with Crippen molar-refractivity contribution in [2.24, 2.45) is 5.92 Å². The molecule has 6 nitrogen and oxygen atoms in total. The maximum atomic E-state index is 12.4. The lowest BCUT2D eigenvalue weighted by Crippen LogP contribution is -2.52. The number of carboxylic acid groups (broad SMARTS) is 1. The molecular formula is C17H23IN2O4. The summed E-state index contributed by atoms with van der Waals surface area (Å²) in [5.41, 5.74) is 0.853. The van der Waals surface area contributed by atoms with Crippen molar-refractivity contribution in [3.05, 3.63) is 33.4 Å². The first-order chi connectivity index (χ1) is 11.2. The molecule has 0 fully saturated rings. The first-order valence-corrected chi connectivity index (χ1v) is 8.82. The van der Waals surface area contributed by atoms with Crippen molar-refractivity contribution < 1.29 is 19.5 Å². The highest BCUT2D eigenvalue weighted by atomic mass is 127. The van der Waals surface area contributed by atoms with E-state index >= 15 is 0 Å². The predicted octanol–water partition coefficient (Wildman–Crippen LogP) is 1.95. The number of carbonyl (C=O) groups excluding carboxylic acids is 2. The van der Waals surface area contributed by atoms with Crippen LogP contribution in [0.15, 0.2) is 24.3 Å². The molecule has 0 aliphatic heterocycles. The maximum Gasteiger partial charge on any atom is 0.326 e. The van der Waals surface area contributed by atoms with Crippen molar-refractivity contribution in [1.82, 2.24) is 10.6 Å².